The van der Waals surface area contributed by atoms with Crippen molar-refractivity contribution in [1.29, 1.82) is 0 Å². The van der Waals surface area contributed by atoms with E-state index in [9.17, 15) is 26.4 Å². The van der Waals surface area contributed by atoms with E-state index in [2.05, 4.69) is 10.3 Å². The Balaban J connectivity index is 1.85. The molecule has 7 nitrogen and oxygen atoms in total. The normalized spacial score (nSPS) is 17.6. The van der Waals surface area contributed by atoms with Crippen LogP contribution in [0.15, 0.2) is 41.3 Å². The lowest BCUT2D eigenvalue weighted by atomic mass is 9.96. The smallest absolute Gasteiger partial charge is 0.370 e. The van der Waals surface area contributed by atoms with E-state index < -0.39 is 32.6 Å². The second-order valence-corrected chi connectivity index (χ2v) is 8.72. The molecule has 0 aliphatic carbocycles. The average molecular weight is 442 g/mol. The Morgan fingerprint density at radius 2 is 2.00 bits per heavy atom. The summed E-state index contributed by atoms with van der Waals surface area (Å²) < 4.78 is 63.8. The maximum Gasteiger partial charge on any atom is 0.418 e. The van der Waals surface area contributed by atoms with Crippen LogP contribution in [0.25, 0.3) is 0 Å². The van der Waals surface area contributed by atoms with E-state index in [1.54, 1.807) is 25.1 Å². The zero-order chi connectivity index (χ0) is 22.1. The van der Waals surface area contributed by atoms with E-state index >= 15 is 0 Å². The number of nitrogens with two attached hydrogens (primary N) is 1. The zero-order valence-electron chi connectivity index (χ0n) is 16.1. The van der Waals surface area contributed by atoms with Crippen molar-refractivity contribution < 1.29 is 26.4 Å². The molecule has 3 rings (SSSR count). The van der Waals surface area contributed by atoms with Gasteiger partial charge in [0.1, 0.15) is 5.82 Å². The largest absolute Gasteiger partial charge is 0.418 e. The molecule has 1 atom stereocenters. The predicted molar refractivity (Wildman–Crippen MR) is 105 cm³/mol. The fraction of sp³-hybridized carbons (Fsp3) is 0.368. The van der Waals surface area contributed by atoms with E-state index in [4.69, 9.17) is 5.14 Å². The highest BCUT2D eigenvalue weighted by molar-refractivity contribution is 7.89. The third-order valence-electron chi connectivity index (χ3n) is 4.87. The van der Waals surface area contributed by atoms with E-state index in [1.165, 1.54) is 4.90 Å². The van der Waals surface area contributed by atoms with E-state index in [-0.39, 0.29) is 18.1 Å². The van der Waals surface area contributed by atoms with E-state index in [1.807, 2.05) is 0 Å². The number of hydrogen-bond donors (Lipinski definition) is 2. The number of alkyl halides is 3. The van der Waals surface area contributed by atoms with Crippen LogP contribution in [-0.4, -0.2) is 32.4 Å². The van der Waals surface area contributed by atoms with Crippen molar-refractivity contribution in [3.8, 4) is 0 Å². The van der Waals surface area contributed by atoms with Crippen LogP contribution >= 0.6 is 0 Å². The second kappa shape index (κ2) is 8.23. The summed E-state index contributed by atoms with van der Waals surface area (Å²) in [5.41, 5.74) is -0.556. The van der Waals surface area contributed by atoms with Gasteiger partial charge in [0.05, 0.1) is 16.4 Å². The second-order valence-electron chi connectivity index (χ2n) is 7.16. The van der Waals surface area contributed by atoms with Crippen molar-refractivity contribution in [3.05, 3.63) is 47.7 Å². The van der Waals surface area contributed by atoms with Crippen molar-refractivity contribution >= 4 is 27.4 Å². The van der Waals surface area contributed by atoms with Gasteiger partial charge in [0.25, 0.3) is 0 Å². The number of anilines is 2. The molecule has 30 heavy (non-hydrogen) atoms. The van der Waals surface area contributed by atoms with Gasteiger partial charge in [-0.25, -0.2) is 18.5 Å². The molecule has 1 aromatic carbocycles. The van der Waals surface area contributed by atoms with Crippen LogP contribution in [0, 0.1) is 12.8 Å². The molecule has 1 aliphatic rings. The minimum Gasteiger partial charge on any atom is -0.370 e. The summed E-state index contributed by atoms with van der Waals surface area (Å²) in [6.07, 6.45) is -3.75. The van der Waals surface area contributed by atoms with E-state index in [0.717, 1.165) is 17.8 Å². The quantitative estimate of drug-likeness (QED) is 0.758. The number of aromatic nitrogens is 1. The fourth-order valence-corrected chi connectivity index (χ4v) is 3.99. The van der Waals surface area contributed by atoms with Crippen LogP contribution < -0.4 is 15.4 Å². The predicted octanol–water partition coefficient (Wildman–Crippen LogP) is 2.91. The Kier molecular flexibility index (Phi) is 6.04. The van der Waals surface area contributed by atoms with Gasteiger partial charge in [-0.2, -0.15) is 13.2 Å². The lowest BCUT2D eigenvalue weighted by molar-refractivity contribution is -0.137. The van der Waals surface area contributed by atoms with Crippen molar-refractivity contribution in [2.24, 2.45) is 11.1 Å². The molecule has 1 unspecified atom stereocenters. The Labute approximate surface area is 172 Å². The number of amides is 1. The summed E-state index contributed by atoms with van der Waals surface area (Å²) in [6.45, 7) is 2.15. The number of sulfonamides is 1. The third-order valence-corrected chi connectivity index (χ3v) is 5.79. The van der Waals surface area contributed by atoms with Crippen LogP contribution in [0.1, 0.15) is 24.1 Å². The van der Waals surface area contributed by atoms with Gasteiger partial charge >= 0.3 is 6.18 Å². The molecule has 1 aliphatic heterocycles. The Hall–Kier alpha value is -2.66. The summed E-state index contributed by atoms with van der Waals surface area (Å²) >= 11 is 0. The van der Waals surface area contributed by atoms with Gasteiger partial charge < -0.3 is 10.2 Å². The van der Waals surface area contributed by atoms with Crippen LogP contribution in [0.5, 0.6) is 0 Å². The Morgan fingerprint density at radius 3 is 2.63 bits per heavy atom. The number of carbonyl (C=O) groups excluding carboxylic acids is 1. The Morgan fingerprint density at radius 1 is 1.27 bits per heavy atom. The number of nitrogens with one attached hydrogen (secondary N) is 1. The number of halogens is 3. The number of rotatable bonds is 4. The molecule has 2 heterocycles. The molecule has 1 saturated heterocycles. The number of piperidine rings is 1. The molecule has 1 fully saturated rings. The van der Waals surface area contributed by atoms with Crippen molar-refractivity contribution in [1.82, 2.24) is 4.98 Å². The van der Waals surface area contributed by atoms with Gasteiger partial charge in [0.15, 0.2) is 0 Å². The molecule has 1 aromatic heterocycles. The van der Waals surface area contributed by atoms with Crippen LogP contribution in [0.4, 0.5) is 24.7 Å². The summed E-state index contributed by atoms with van der Waals surface area (Å²) in [5, 5.41) is 7.68. The molecule has 1 amide bonds. The number of pyridine rings is 1. The molecule has 0 bridgehead atoms. The highest BCUT2D eigenvalue weighted by Crippen LogP contribution is 2.39. The Bertz CT molecular complexity index is 1060. The number of primary sulfonamides is 1. The monoisotopic (exact) mass is 442 g/mol. The van der Waals surface area contributed by atoms with Crippen LogP contribution in [0.2, 0.25) is 0 Å². The van der Waals surface area contributed by atoms with Crippen LogP contribution in [-0.2, 0) is 21.0 Å². The molecule has 3 N–H and O–H groups in total. The van der Waals surface area contributed by atoms with Gasteiger partial charge in [-0.15, -0.1) is 0 Å². The first-order chi connectivity index (χ1) is 13.9. The molecular weight excluding hydrogens is 421 g/mol. The molecule has 0 radical (unpaired) electrons. The summed E-state index contributed by atoms with van der Waals surface area (Å²) in [7, 11) is -4.29. The minimum atomic E-state index is -4.78. The fourth-order valence-electron chi connectivity index (χ4n) is 3.45. The molecular formula is C19H21F3N4O3S. The van der Waals surface area contributed by atoms with Crippen molar-refractivity contribution in [2.45, 2.75) is 30.8 Å². The number of nitrogens with zero attached hydrogens (tertiary/aromatic N) is 2. The highest BCUT2D eigenvalue weighted by atomic mass is 32.2. The van der Waals surface area contributed by atoms with Gasteiger partial charge in [-0.3, -0.25) is 4.79 Å². The summed E-state index contributed by atoms with van der Waals surface area (Å²) in [6, 6.07) is 7.82. The first kappa shape index (κ1) is 22.0. The molecule has 0 saturated carbocycles. The topological polar surface area (TPSA) is 105 Å². The lowest BCUT2D eigenvalue weighted by Gasteiger charge is -2.35. The van der Waals surface area contributed by atoms with Crippen molar-refractivity contribution in [3.63, 3.8) is 0 Å². The van der Waals surface area contributed by atoms with E-state index in [0.29, 0.717) is 31.3 Å². The summed E-state index contributed by atoms with van der Waals surface area (Å²) in [5.74, 6) is -0.488. The van der Waals surface area contributed by atoms with Gasteiger partial charge in [0, 0.05) is 24.5 Å². The maximum absolute atomic E-state index is 13.6. The van der Waals surface area contributed by atoms with Gasteiger partial charge in [-0.05, 0) is 50.1 Å². The molecule has 11 heteroatoms. The zero-order valence-corrected chi connectivity index (χ0v) is 16.9. The molecule has 2 aromatic rings. The summed E-state index contributed by atoms with van der Waals surface area (Å²) in [4.78, 5) is 17.7. The lowest BCUT2D eigenvalue weighted by Crippen LogP contribution is -2.41. The molecule has 0 spiro atoms. The standard InChI is InChI=1S/C19H21F3N4O3S/c1-12-4-2-6-17(24-12)25-18(27)13-5-3-9-26(11-13)16-8-7-14(30(23,28)29)10-15(16)19(20,21)22/h2,4,6-8,10,13H,3,5,9,11H2,1H3,(H2,23,28,29)(H,24,25,27). The minimum absolute atomic E-state index is 0.0649. The maximum atomic E-state index is 13.6. The third kappa shape index (κ3) is 5.08. The van der Waals surface area contributed by atoms with Gasteiger partial charge in [0.2, 0.25) is 15.9 Å². The number of benzene rings is 1. The average Bonchev–Trinajstić information content (AvgIpc) is 2.66. The number of hydrogen-bond acceptors (Lipinski definition) is 5. The SMILES string of the molecule is Cc1cccc(NC(=O)C2CCCN(c3ccc(S(N)(=O)=O)cc3C(F)(F)F)C2)n1. The highest BCUT2D eigenvalue weighted by Gasteiger charge is 2.37. The molecule has 162 valence electrons. The first-order valence-corrected chi connectivity index (χ1v) is 10.7. The number of aryl methyl sites for hydroxylation is 1. The van der Waals surface area contributed by atoms with Crippen molar-refractivity contribution in [2.75, 3.05) is 23.3 Å². The van der Waals surface area contributed by atoms with Crippen LogP contribution in [0.3, 0.4) is 0 Å². The van der Waals surface area contributed by atoms with Gasteiger partial charge in [-0.1, -0.05) is 6.07 Å². The first-order valence-electron chi connectivity index (χ1n) is 9.18. The number of carbonyl (C=O) groups is 1.